The van der Waals surface area contributed by atoms with E-state index >= 15 is 0 Å². The fraction of sp³-hybridized carbons (Fsp3) is 0.250. The van der Waals surface area contributed by atoms with Gasteiger partial charge in [-0.25, -0.2) is 8.78 Å². The van der Waals surface area contributed by atoms with Crippen molar-refractivity contribution in [3.8, 4) is 6.07 Å². The van der Waals surface area contributed by atoms with Gasteiger partial charge in [0.2, 0.25) is 0 Å². The molecule has 0 spiro atoms. The summed E-state index contributed by atoms with van der Waals surface area (Å²) in [5.41, 5.74) is -0.00369. The van der Waals surface area contributed by atoms with Gasteiger partial charge in [0, 0.05) is 23.8 Å². The quantitative estimate of drug-likeness (QED) is 0.692. The lowest BCUT2D eigenvalue weighted by molar-refractivity contribution is 0.150. The third-order valence-electron chi connectivity index (χ3n) is 1.58. The monoisotopic (exact) mass is 202 g/mol. The fourth-order valence-electron chi connectivity index (χ4n) is 0.937. The van der Waals surface area contributed by atoms with Gasteiger partial charge in [-0.15, -0.1) is 11.6 Å². The number of halogens is 3. The van der Waals surface area contributed by atoms with E-state index in [0.29, 0.717) is 0 Å². The maximum absolute atomic E-state index is 12.3. The van der Waals surface area contributed by atoms with Crippen LogP contribution in [0, 0.1) is 11.3 Å². The van der Waals surface area contributed by atoms with Gasteiger partial charge >= 0.3 is 0 Å². The number of hydrogen-bond acceptors (Lipinski definition) is 2. The van der Waals surface area contributed by atoms with Crippen LogP contribution in [0.3, 0.4) is 0 Å². The SMILES string of the molecule is N#Cc1cncc(C(F)F)c1CCl. The second kappa shape index (κ2) is 4.15. The summed E-state index contributed by atoms with van der Waals surface area (Å²) < 4.78 is 24.6. The van der Waals surface area contributed by atoms with E-state index in [4.69, 9.17) is 16.9 Å². The second-order valence-electron chi connectivity index (χ2n) is 2.30. The van der Waals surface area contributed by atoms with Crippen LogP contribution in [-0.2, 0) is 5.88 Å². The molecule has 0 amide bonds. The summed E-state index contributed by atoms with van der Waals surface area (Å²) >= 11 is 5.45. The lowest BCUT2D eigenvalue weighted by atomic mass is 10.1. The van der Waals surface area contributed by atoms with Gasteiger partial charge in [-0.05, 0) is 5.56 Å². The van der Waals surface area contributed by atoms with Crippen molar-refractivity contribution in [2.24, 2.45) is 0 Å². The number of aromatic nitrogens is 1. The highest BCUT2D eigenvalue weighted by Gasteiger charge is 2.15. The maximum Gasteiger partial charge on any atom is 0.265 e. The van der Waals surface area contributed by atoms with Crippen molar-refractivity contribution in [2.75, 3.05) is 0 Å². The molecule has 0 saturated carbocycles. The predicted molar refractivity (Wildman–Crippen MR) is 43.5 cm³/mol. The molecule has 0 aliphatic heterocycles. The Kier molecular flexibility index (Phi) is 3.15. The van der Waals surface area contributed by atoms with Crippen molar-refractivity contribution in [1.82, 2.24) is 4.98 Å². The lowest BCUT2D eigenvalue weighted by Gasteiger charge is -2.05. The number of pyridine rings is 1. The van der Waals surface area contributed by atoms with Crippen LogP contribution in [0.1, 0.15) is 23.1 Å². The minimum Gasteiger partial charge on any atom is -0.263 e. The summed E-state index contributed by atoms with van der Waals surface area (Å²) in [5.74, 6) is -0.106. The molecule has 2 nitrogen and oxygen atoms in total. The molecule has 0 N–H and O–H groups in total. The van der Waals surface area contributed by atoms with Gasteiger partial charge in [0.1, 0.15) is 6.07 Å². The number of nitriles is 1. The van der Waals surface area contributed by atoms with Crippen LogP contribution in [0.4, 0.5) is 8.78 Å². The van der Waals surface area contributed by atoms with Gasteiger partial charge in [-0.3, -0.25) is 4.98 Å². The van der Waals surface area contributed by atoms with E-state index < -0.39 is 6.43 Å². The van der Waals surface area contributed by atoms with Gasteiger partial charge < -0.3 is 0 Å². The lowest BCUT2D eigenvalue weighted by Crippen LogP contribution is -1.97. The molecule has 0 fully saturated rings. The van der Waals surface area contributed by atoms with Crippen LogP contribution in [0.25, 0.3) is 0 Å². The molecule has 0 bridgehead atoms. The Morgan fingerprint density at radius 2 is 2.23 bits per heavy atom. The molecule has 1 heterocycles. The standard InChI is InChI=1S/C8H5ClF2N2/c9-1-6-5(2-12)3-13-4-7(6)8(10)11/h3-4,8H,1H2. The normalized spacial score (nSPS) is 10.1. The van der Waals surface area contributed by atoms with E-state index in [1.165, 1.54) is 6.20 Å². The number of alkyl halides is 3. The third-order valence-corrected chi connectivity index (χ3v) is 1.85. The first kappa shape index (κ1) is 9.87. The molecule has 0 radical (unpaired) electrons. The zero-order valence-corrected chi connectivity index (χ0v) is 7.22. The van der Waals surface area contributed by atoms with Crippen molar-refractivity contribution in [3.63, 3.8) is 0 Å². The Balaban J connectivity index is 3.29. The van der Waals surface area contributed by atoms with Gasteiger partial charge in [-0.2, -0.15) is 5.26 Å². The molecule has 0 saturated heterocycles. The molecule has 1 rings (SSSR count). The highest BCUT2D eigenvalue weighted by Crippen LogP contribution is 2.25. The summed E-state index contributed by atoms with van der Waals surface area (Å²) in [7, 11) is 0. The summed E-state index contributed by atoms with van der Waals surface area (Å²) in [6.45, 7) is 0. The van der Waals surface area contributed by atoms with Crippen LogP contribution in [0.5, 0.6) is 0 Å². The van der Waals surface area contributed by atoms with Crippen molar-refractivity contribution >= 4 is 11.6 Å². The molecule has 0 aliphatic carbocycles. The zero-order chi connectivity index (χ0) is 9.84. The van der Waals surface area contributed by atoms with Gasteiger partial charge in [0.25, 0.3) is 6.43 Å². The molecule has 13 heavy (non-hydrogen) atoms. The molecule has 1 aromatic rings. The number of hydrogen-bond donors (Lipinski definition) is 0. The first-order valence-electron chi connectivity index (χ1n) is 3.41. The number of rotatable bonds is 2. The van der Waals surface area contributed by atoms with E-state index in [0.717, 1.165) is 6.20 Å². The molecular formula is C8H5ClF2N2. The first-order chi connectivity index (χ1) is 6.20. The van der Waals surface area contributed by atoms with Crippen molar-refractivity contribution in [1.29, 1.82) is 5.26 Å². The largest absolute Gasteiger partial charge is 0.265 e. The highest BCUT2D eigenvalue weighted by atomic mass is 35.5. The summed E-state index contributed by atoms with van der Waals surface area (Å²) in [6.07, 6.45) is -0.387. The second-order valence-corrected chi connectivity index (χ2v) is 2.57. The third kappa shape index (κ3) is 1.93. The summed E-state index contributed by atoms with van der Waals surface area (Å²) in [5, 5.41) is 8.56. The van der Waals surface area contributed by atoms with E-state index in [2.05, 4.69) is 4.98 Å². The minimum absolute atomic E-state index is 0.104. The van der Waals surface area contributed by atoms with Gasteiger partial charge in [-0.1, -0.05) is 0 Å². The van der Waals surface area contributed by atoms with Crippen molar-refractivity contribution < 1.29 is 8.78 Å². The van der Waals surface area contributed by atoms with Crippen LogP contribution >= 0.6 is 11.6 Å². The van der Waals surface area contributed by atoms with E-state index in [1.807, 2.05) is 0 Å². The number of nitrogens with zero attached hydrogens (tertiary/aromatic N) is 2. The zero-order valence-electron chi connectivity index (χ0n) is 6.47. The Bertz CT molecular complexity index is 346. The van der Waals surface area contributed by atoms with Crippen LogP contribution in [0.2, 0.25) is 0 Å². The molecular weight excluding hydrogens is 198 g/mol. The average Bonchev–Trinajstić information content (AvgIpc) is 2.16. The molecule has 1 aromatic heterocycles. The van der Waals surface area contributed by atoms with Crippen molar-refractivity contribution in [2.45, 2.75) is 12.3 Å². The van der Waals surface area contributed by atoms with E-state index in [-0.39, 0.29) is 22.6 Å². The molecule has 0 aromatic carbocycles. The fourth-order valence-corrected chi connectivity index (χ4v) is 1.24. The summed E-state index contributed by atoms with van der Waals surface area (Å²) in [6, 6.07) is 1.76. The predicted octanol–water partition coefficient (Wildman–Crippen LogP) is 2.63. The smallest absolute Gasteiger partial charge is 0.263 e. The first-order valence-corrected chi connectivity index (χ1v) is 3.95. The Morgan fingerprint density at radius 3 is 2.69 bits per heavy atom. The van der Waals surface area contributed by atoms with Crippen molar-refractivity contribution in [3.05, 3.63) is 29.1 Å². The molecule has 5 heteroatoms. The minimum atomic E-state index is -2.64. The molecule has 0 atom stereocenters. The Hall–Kier alpha value is -1.21. The molecule has 0 aliphatic rings. The Morgan fingerprint density at radius 1 is 1.54 bits per heavy atom. The van der Waals surface area contributed by atoms with Crippen LogP contribution < -0.4 is 0 Å². The molecule has 68 valence electrons. The van der Waals surface area contributed by atoms with Gasteiger partial charge in [0.15, 0.2) is 0 Å². The van der Waals surface area contributed by atoms with E-state index in [9.17, 15) is 8.78 Å². The topological polar surface area (TPSA) is 36.7 Å². The van der Waals surface area contributed by atoms with Crippen LogP contribution in [-0.4, -0.2) is 4.98 Å². The maximum atomic E-state index is 12.3. The van der Waals surface area contributed by atoms with Gasteiger partial charge in [0.05, 0.1) is 5.56 Å². The highest BCUT2D eigenvalue weighted by molar-refractivity contribution is 6.17. The van der Waals surface area contributed by atoms with E-state index in [1.54, 1.807) is 6.07 Å². The Labute approximate surface area is 78.8 Å². The summed E-state index contributed by atoms with van der Waals surface area (Å²) in [4.78, 5) is 3.52. The molecule has 0 unspecified atom stereocenters. The average molecular weight is 203 g/mol. The van der Waals surface area contributed by atoms with Crippen LogP contribution in [0.15, 0.2) is 12.4 Å².